The van der Waals surface area contributed by atoms with Crippen molar-refractivity contribution >= 4 is 22.5 Å². The summed E-state index contributed by atoms with van der Waals surface area (Å²) in [5, 5.41) is 1.72. The zero-order valence-corrected chi connectivity index (χ0v) is 14.7. The van der Waals surface area contributed by atoms with Crippen molar-refractivity contribution in [3.05, 3.63) is 76.9 Å². The fourth-order valence-corrected chi connectivity index (χ4v) is 3.04. The van der Waals surface area contributed by atoms with E-state index >= 15 is 0 Å². The average molecular weight is 346 g/mol. The molecule has 4 rings (SSSR count). The quantitative estimate of drug-likeness (QED) is 0.472. The lowest BCUT2D eigenvalue weighted by molar-refractivity contribution is 1.16. The van der Waals surface area contributed by atoms with E-state index in [1.165, 1.54) is 0 Å². The minimum Gasteiger partial charge on any atom is -0.244 e. The second-order valence-corrected chi connectivity index (χ2v) is 6.51. The van der Waals surface area contributed by atoms with Gasteiger partial charge in [0.15, 0.2) is 5.82 Å². The maximum Gasteiger partial charge on any atom is 0.178 e. The average Bonchev–Trinajstić information content (AvgIpc) is 2.64. The van der Waals surface area contributed by atoms with Crippen LogP contribution in [0.2, 0.25) is 5.02 Å². The van der Waals surface area contributed by atoms with Crippen LogP contribution in [0.15, 0.2) is 60.8 Å². The molecule has 4 aromatic rings. The van der Waals surface area contributed by atoms with Crippen molar-refractivity contribution in [1.29, 1.82) is 0 Å². The minimum atomic E-state index is 0.625. The maximum atomic E-state index is 6.19. The van der Waals surface area contributed by atoms with Gasteiger partial charge in [0, 0.05) is 22.2 Å². The number of hydrogen-bond donors (Lipinski definition) is 0. The summed E-state index contributed by atoms with van der Waals surface area (Å²) in [4.78, 5) is 14.0. The van der Waals surface area contributed by atoms with Gasteiger partial charge in [0.1, 0.15) is 5.69 Å². The van der Waals surface area contributed by atoms with E-state index in [2.05, 4.69) is 23.0 Å². The predicted molar refractivity (Wildman–Crippen MR) is 103 cm³/mol. The lowest BCUT2D eigenvalue weighted by atomic mass is 10.0. The third-order valence-corrected chi connectivity index (χ3v) is 4.50. The molecule has 0 atom stereocenters. The van der Waals surface area contributed by atoms with Gasteiger partial charge in [-0.2, -0.15) is 0 Å². The number of aryl methyl sites for hydroxylation is 2. The molecular weight excluding hydrogens is 330 g/mol. The number of hydrogen-bond acceptors (Lipinski definition) is 3. The summed E-state index contributed by atoms with van der Waals surface area (Å²) in [6.45, 7) is 4.11. The molecule has 0 aliphatic heterocycles. The standard InChI is InChI=1S/C21H16ClN3/c1-13-7-9-16(22)11-17(13)20-14(2)8-10-19(24-20)21-23-12-15-5-3-4-6-18(15)25-21/h3-12H,1-2H3. The van der Waals surface area contributed by atoms with Crippen LogP contribution >= 0.6 is 11.6 Å². The molecule has 25 heavy (non-hydrogen) atoms. The van der Waals surface area contributed by atoms with Gasteiger partial charge in [0.2, 0.25) is 0 Å². The van der Waals surface area contributed by atoms with Gasteiger partial charge in [-0.1, -0.05) is 41.9 Å². The van der Waals surface area contributed by atoms with Gasteiger partial charge >= 0.3 is 0 Å². The number of aromatic nitrogens is 3. The van der Waals surface area contributed by atoms with E-state index < -0.39 is 0 Å². The summed E-state index contributed by atoms with van der Waals surface area (Å²) in [5.74, 6) is 0.625. The van der Waals surface area contributed by atoms with Crippen LogP contribution in [0.5, 0.6) is 0 Å². The normalized spacial score (nSPS) is 11.0. The Labute approximate surface area is 151 Å². The molecule has 0 radical (unpaired) electrons. The highest BCUT2D eigenvalue weighted by Crippen LogP contribution is 2.29. The molecule has 2 aromatic carbocycles. The lowest BCUT2D eigenvalue weighted by Crippen LogP contribution is -1.97. The first-order chi connectivity index (χ1) is 12.1. The number of para-hydroxylation sites is 1. The molecule has 0 fully saturated rings. The highest BCUT2D eigenvalue weighted by atomic mass is 35.5. The molecule has 0 aliphatic carbocycles. The summed E-state index contributed by atoms with van der Waals surface area (Å²) in [6.07, 6.45) is 1.84. The van der Waals surface area contributed by atoms with Crippen LogP contribution in [-0.2, 0) is 0 Å². The monoisotopic (exact) mass is 345 g/mol. The third kappa shape index (κ3) is 2.99. The molecule has 2 aromatic heterocycles. The van der Waals surface area contributed by atoms with Crippen LogP contribution in [0.4, 0.5) is 0 Å². The summed E-state index contributed by atoms with van der Waals surface area (Å²) in [6, 6.07) is 17.8. The highest BCUT2D eigenvalue weighted by Gasteiger charge is 2.12. The second-order valence-electron chi connectivity index (χ2n) is 6.07. The first kappa shape index (κ1) is 15.7. The van der Waals surface area contributed by atoms with Gasteiger partial charge in [-0.3, -0.25) is 0 Å². The van der Waals surface area contributed by atoms with E-state index in [1.807, 2.05) is 61.7 Å². The Kier molecular flexibility index (Phi) is 3.94. The summed E-state index contributed by atoms with van der Waals surface area (Å²) >= 11 is 6.19. The van der Waals surface area contributed by atoms with Crippen molar-refractivity contribution < 1.29 is 0 Å². The largest absolute Gasteiger partial charge is 0.244 e. The third-order valence-electron chi connectivity index (χ3n) is 4.27. The van der Waals surface area contributed by atoms with Crippen molar-refractivity contribution in [2.45, 2.75) is 13.8 Å². The molecule has 0 unspecified atom stereocenters. The van der Waals surface area contributed by atoms with Crippen molar-refractivity contribution in [2.24, 2.45) is 0 Å². The molecule has 3 nitrogen and oxygen atoms in total. The summed E-state index contributed by atoms with van der Waals surface area (Å²) in [5.41, 5.74) is 5.84. The Morgan fingerprint density at radius 3 is 2.52 bits per heavy atom. The Morgan fingerprint density at radius 2 is 1.64 bits per heavy atom. The molecule has 0 spiro atoms. The zero-order valence-electron chi connectivity index (χ0n) is 14.0. The SMILES string of the molecule is Cc1ccc(Cl)cc1-c1nc(-c2ncc3ccccc3n2)ccc1C. The van der Waals surface area contributed by atoms with E-state index in [4.69, 9.17) is 16.6 Å². The van der Waals surface area contributed by atoms with Crippen molar-refractivity contribution in [3.8, 4) is 22.8 Å². The minimum absolute atomic E-state index is 0.625. The number of pyridine rings is 1. The van der Waals surface area contributed by atoms with Crippen LogP contribution in [0, 0.1) is 13.8 Å². The Balaban J connectivity index is 1.87. The summed E-state index contributed by atoms with van der Waals surface area (Å²) < 4.78 is 0. The van der Waals surface area contributed by atoms with Crippen LogP contribution < -0.4 is 0 Å². The van der Waals surface area contributed by atoms with Gasteiger partial charge in [-0.25, -0.2) is 15.0 Å². The number of nitrogens with zero attached hydrogens (tertiary/aromatic N) is 3. The predicted octanol–water partition coefficient (Wildman–Crippen LogP) is 5.63. The molecule has 0 saturated carbocycles. The first-order valence-electron chi connectivity index (χ1n) is 8.08. The van der Waals surface area contributed by atoms with E-state index in [-0.39, 0.29) is 0 Å². The maximum absolute atomic E-state index is 6.19. The van der Waals surface area contributed by atoms with E-state index in [9.17, 15) is 0 Å². The molecule has 2 heterocycles. The van der Waals surface area contributed by atoms with E-state index in [1.54, 1.807) is 0 Å². The van der Waals surface area contributed by atoms with Crippen LogP contribution in [0.25, 0.3) is 33.7 Å². The van der Waals surface area contributed by atoms with Gasteiger partial charge in [-0.15, -0.1) is 0 Å². The topological polar surface area (TPSA) is 38.7 Å². The molecule has 0 N–H and O–H groups in total. The van der Waals surface area contributed by atoms with Gasteiger partial charge in [0.05, 0.1) is 11.2 Å². The van der Waals surface area contributed by atoms with Crippen LogP contribution in [0.1, 0.15) is 11.1 Å². The van der Waals surface area contributed by atoms with Gasteiger partial charge < -0.3 is 0 Å². The lowest BCUT2D eigenvalue weighted by Gasteiger charge is -2.11. The van der Waals surface area contributed by atoms with E-state index in [0.29, 0.717) is 10.8 Å². The summed E-state index contributed by atoms with van der Waals surface area (Å²) in [7, 11) is 0. The highest BCUT2D eigenvalue weighted by molar-refractivity contribution is 6.30. The number of fused-ring (bicyclic) bond motifs is 1. The second kappa shape index (κ2) is 6.26. The number of halogens is 1. The van der Waals surface area contributed by atoms with Crippen LogP contribution in [-0.4, -0.2) is 15.0 Å². The molecule has 122 valence electrons. The molecule has 0 bridgehead atoms. The Hall–Kier alpha value is -2.78. The molecule has 0 aliphatic rings. The van der Waals surface area contributed by atoms with Gasteiger partial charge in [-0.05, 0) is 49.2 Å². The fraction of sp³-hybridized carbons (Fsp3) is 0.0952. The molecular formula is C21H16ClN3. The van der Waals surface area contributed by atoms with Crippen molar-refractivity contribution in [1.82, 2.24) is 15.0 Å². The zero-order chi connectivity index (χ0) is 17.4. The molecule has 4 heteroatoms. The van der Waals surface area contributed by atoms with Crippen molar-refractivity contribution in [2.75, 3.05) is 0 Å². The molecule has 0 saturated heterocycles. The van der Waals surface area contributed by atoms with Crippen molar-refractivity contribution in [3.63, 3.8) is 0 Å². The number of rotatable bonds is 2. The van der Waals surface area contributed by atoms with E-state index in [0.717, 1.165) is 39.0 Å². The Bertz CT molecular complexity index is 1090. The van der Waals surface area contributed by atoms with Gasteiger partial charge in [0.25, 0.3) is 0 Å². The van der Waals surface area contributed by atoms with Crippen LogP contribution in [0.3, 0.4) is 0 Å². The number of benzene rings is 2. The first-order valence-corrected chi connectivity index (χ1v) is 8.46. The Morgan fingerprint density at radius 1 is 0.840 bits per heavy atom. The smallest absolute Gasteiger partial charge is 0.178 e. The fourth-order valence-electron chi connectivity index (χ4n) is 2.87. The molecule has 0 amide bonds.